The zero-order valence-corrected chi connectivity index (χ0v) is 14.3. The predicted octanol–water partition coefficient (Wildman–Crippen LogP) is 4.35. The molecule has 0 heterocycles. The van der Waals surface area contributed by atoms with Gasteiger partial charge in [0.15, 0.2) is 6.10 Å². The molecule has 0 unspecified atom stereocenters. The molecule has 0 saturated carbocycles. The van der Waals surface area contributed by atoms with Crippen LogP contribution in [0, 0.1) is 27.7 Å². The van der Waals surface area contributed by atoms with E-state index in [4.69, 9.17) is 4.74 Å². The summed E-state index contributed by atoms with van der Waals surface area (Å²) in [4.78, 5) is 24.7. The Kier molecular flexibility index (Phi) is 4.99. The van der Waals surface area contributed by atoms with E-state index in [9.17, 15) is 9.59 Å². The van der Waals surface area contributed by atoms with Gasteiger partial charge < -0.3 is 4.74 Å². The normalized spacial score (nSPS) is 11.9. The Morgan fingerprint density at radius 2 is 1.57 bits per heavy atom. The van der Waals surface area contributed by atoms with Crippen molar-refractivity contribution in [3.63, 3.8) is 0 Å². The molecular formula is C20H22O3. The number of hydrogen-bond donors (Lipinski definition) is 0. The average Bonchev–Trinajstić information content (AvgIpc) is 2.49. The number of esters is 1. The molecule has 3 heteroatoms. The van der Waals surface area contributed by atoms with Crippen LogP contribution in [0.2, 0.25) is 0 Å². The second-order valence-corrected chi connectivity index (χ2v) is 6.03. The summed E-state index contributed by atoms with van der Waals surface area (Å²) in [5, 5.41) is 0. The second-order valence-electron chi connectivity index (χ2n) is 6.03. The molecule has 0 aromatic heterocycles. The molecule has 23 heavy (non-hydrogen) atoms. The molecule has 2 aromatic carbocycles. The number of carbonyl (C=O) groups is 2. The molecule has 0 amide bonds. The zero-order valence-electron chi connectivity index (χ0n) is 14.3. The minimum atomic E-state index is -0.815. The van der Waals surface area contributed by atoms with Gasteiger partial charge >= 0.3 is 5.97 Å². The SMILES string of the molecule is Cc1ccc(C(=O)O[C@H](C)C(=O)c2ccc(C)c(C)c2)c(C)c1. The first-order valence-electron chi connectivity index (χ1n) is 7.69. The first kappa shape index (κ1) is 16.9. The van der Waals surface area contributed by atoms with E-state index in [1.54, 1.807) is 19.1 Å². The quantitative estimate of drug-likeness (QED) is 0.623. The monoisotopic (exact) mass is 310 g/mol. The van der Waals surface area contributed by atoms with Crippen molar-refractivity contribution in [2.24, 2.45) is 0 Å². The Bertz CT molecular complexity index is 759. The van der Waals surface area contributed by atoms with Crippen LogP contribution in [-0.4, -0.2) is 17.9 Å². The molecule has 0 saturated heterocycles. The van der Waals surface area contributed by atoms with Gasteiger partial charge in [-0.15, -0.1) is 0 Å². The molecule has 0 fully saturated rings. The van der Waals surface area contributed by atoms with Gasteiger partial charge in [-0.05, 0) is 63.4 Å². The maximum absolute atomic E-state index is 12.4. The van der Waals surface area contributed by atoms with Crippen LogP contribution >= 0.6 is 0 Å². The third-order valence-electron chi connectivity index (χ3n) is 4.05. The van der Waals surface area contributed by atoms with E-state index in [2.05, 4.69) is 0 Å². The van der Waals surface area contributed by atoms with Gasteiger partial charge in [0, 0.05) is 5.56 Å². The molecule has 120 valence electrons. The van der Waals surface area contributed by atoms with Crippen LogP contribution in [0.4, 0.5) is 0 Å². The summed E-state index contributed by atoms with van der Waals surface area (Å²) < 4.78 is 5.35. The minimum Gasteiger partial charge on any atom is -0.451 e. The second kappa shape index (κ2) is 6.78. The van der Waals surface area contributed by atoms with Crippen molar-refractivity contribution in [1.82, 2.24) is 0 Å². The molecular weight excluding hydrogens is 288 g/mol. The molecule has 3 nitrogen and oxygen atoms in total. The van der Waals surface area contributed by atoms with Gasteiger partial charge in [-0.1, -0.05) is 29.8 Å². The van der Waals surface area contributed by atoms with Crippen LogP contribution < -0.4 is 0 Å². The van der Waals surface area contributed by atoms with Crippen LogP contribution in [0.25, 0.3) is 0 Å². The zero-order chi connectivity index (χ0) is 17.1. The molecule has 0 radical (unpaired) electrons. The van der Waals surface area contributed by atoms with Crippen LogP contribution in [0.5, 0.6) is 0 Å². The van der Waals surface area contributed by atoms with E-state index in [0.29, 0.717) is 11.1 Å². The average molecular weight is 310 g/mol. The summed E-state index contributed by atoms with van der Waals surface area (Å²) >= 11 is 0. The van der Waals surface area contributed by atoms with Crippen molar-refractivity contribution in [2.45, 2.75) is 40.7 Å². The molecule has 0 aliphatic rings. The summed E-state index contributed by atoms with van der Waals surface area (Å²) in [6.07, 6.45) is -0.815. The van der Waals surface area contributed by atoms with E-state index >= 15 is 0 Å². The molecule has 0 aliphatic heterocycles. The van der Waals surface area contributed by atoms with Crippen LogP contribution in [0.15, 0.2) is 36.4 Å². The van der Waals surface area contributed by atoms with E-state index in [1.165, 1.54) is 0 Å². The van der Waals surface area contributed by atoms with Crippen molar-refractivity contribution in [2.75, 3.05) is 0 Å². The fourth-order valence-electron chi connectivity index (χ4n) is 2.45. The first-order valence-corrected chi connectivity index (χ1v) is 7.69. The Hall–Kier alpha value is -2.42. The van der Waals surface area contributed by atoms with Gasteiger partial charge in [-0.25, -0.2) is 4.79 Å². The van der Waals surface area contributed by atoms with Crippen LogP contribution in [0.3, 0.4) is 0 Å². The van der Waals surface area contributed by atoms with E-state index in [-0.39, 0.29) is 5.78 Å². The van der Waals surface area contributed by atoms with Gasteiger partial charge in [0.1, 0.15) is 0 Å². The van der Waals surface area contributed by atoms with E-state index < -0.39 is 12.1 Å². The molecule has 1 atom stereocenters. The lowest BCUT2D eigenvalue weighted by molar-refractivity contribution is 0.0318. The van der Waals surface area contributed by atoms with Crippen molar-refractivity contribution in [1.29, 1.82) is 0 Å². The Labute approximate surface area is 137 Å². The van der Waals surface area contributed by atoms with Crippen molar-refractivity contribution < 1.29 is 14.3 Å². The van der Waals surface area contributed by atoms with E-state index in [0.717, 1.165) is 22.3 Å². The third kappa shape index (κ3) is 3.86. The molecule has 0 spiro atoms. The number of benzene rings is 2. The van der Waals surface area contributed by atoms with Gasteiger partial charge in [0.25, 0.3) is 0 Å². The highest BCUT2D eigenvalue weighted by molar-refractivity contribution is 6.01. The van der Waals surface area contributed by atoms with Crippen LogP contribution in [-0.2, 0) is 4.74 Å². The first-order chi connectivity index (χ1) is 10.8. The number of hydrogen-bond acceptors (Lipinski definition) is 3. The third-order valence-corrected chi connectivity index (χ3v) is 4.05. The van der Waals surface area contributed by atoms with Crippen molar-refractivity contribution in [3.05, 3.63) is 69.8 Å². The lowest BCUT2D eigenvalue weighted by Gasteiger charge is -2.14. The number of ether oxygens (including phenoxy) is 1. The van der Waals surface area contributed by atoms with Gasteiger partial charge in [0.2, 0.25) is 5.78 Å². The van der Waals surface area contributed by atoms with E-state index in [1.807, 2.05) is 52.0 Å². The highest BCUT2D eigenvalue weighted by atomic mass is 16.5. The summed E-state index contributed by atoms with van der Waals surface area (Å²) in [6.45, 7) is 9.39. The lowest BCUT2D eigenvalue weighted by Crippen LogP contribution is -2.25. The molecule has 0 N–H and O–H groups in total. The topological polar surface area (TPSA) is 43.4 Å². The van der Waals surface area contributed by atoms with Gasteiger partial charge in [0.05, 0.1) is 5.56 Å². The standard InChI is InChI=1S/C20H22O3/c1-12-6-9-18(15(4)10-12)20(22)23-16(5)19(21)17-8-7-13(2)14(3)11-17/h6-11,16H,1-5H3/t16-/m1/s1. The maximum Gasteiger partial charge on any atom is 0.339 e. The highest BCUT2D eigenvalue weighted by Crippen LogP contribution is 2.16. The number of rotatable bonds is 4. The number of ketones is 1. The molecule has 0 aliphatic carbocycles. The fraction of sp³-hybridized carbons (Fsp3) is 0.300. The number of aryl methyl sites for hydroxylation is 4. The number of carbonyl (C=O) groups excluding carboxylic acids is 2. The molecule has 2 rings (SSSR count). The van der Waals surface area contributed by atoms with Gasteiger partial charge in [-0.2, -0.15) is 0 Å². The predicted molar refractivity (Wildman–Crippen MR) is 91.0 cm³/mol. The fourth-order valence-corrected chi connectivity index (χ4v) is 2.45. The Morgan fingerprint density at radius 1 is 0.870 bits per heavy atom. The smallest absolute Gasteiger partial charge is 0.339 e. The maximum atomic E-state index is 12.4. The highest BCUT2D eigenvalue weighted by Gasteiger charge is 2.21. The number of Topliss-reactive ketones (excluding diaryl/α,β-unsaturated/α-hetero) is 1. The Balaban J connectivity index is 2.14. The van der Waals surface area contributed by atoms with Crippen LogP contribution in [0.1, 0.15) is 49.9 Å². The van der Waals surface area contributed by atoms with Crippen molar-refractivity contribution in [3.8, 4) is 0 Å². The van der Waals surface area contributed by atoms with Crippen molar-refractivity contribution >= 4 is 11.8 Å². The summed E-state index contributed by atoms with van der Waals surface area (Å²) in [5.41, 5.74) is 5.16. The summed E-state index contributed by atoms with van der Waals surface area (Å²) in [6, 6.07) is 11.0. The van der Waals surface area contributed by atoms with Gasteiger partial charge in [-0.3, -0.25) is 4.79 Å². The Morgan fingerprint density at radius 3 is 2.17 bits per heavy atom. The largest absolute Gasteiger partial charge is 0.451 e. The molecule has 0 bridgehead atoms. The summed E-state index contributed by atoms with van der Waals surface area (Å²) in [7, 11) is 0. The lowest BCUT2D eigenvalue weighted by atomic mass is 10.0. The minimum absolute atomic E-state index is 0.189. The summed E-state index contributed by atoms with van der Waals surface area (Å²) in [5.74, 6) is -0.654. The molecule has 2 aromatic rings.